The third-order valence-electron chi connectivity index (χ3n) is 4.42. The van der Waals surface area contributed by atoms with Crippen LogP contribution in [-0.2, 0) is 17.8 Å². The average molecular weight is 325 g/mol. The van der Waals surface area contributed by atoms with Crippen LogP contribution in [0.5, 0.6) is 0 Å². The van der Waals surface area contributed by atoms with Crippen LogP contribution in [0.15, 0.2) is 47.4 Å². The molecule has 1 heterocycles. The summed E-state index contributed by atoms with van der Waals surface area (Å²) in [5, 5.41) is -0.0540. The van der Waals surface area contributed by atoms with Crippen molar-refractivity contribution in [3.8, 4) is 0 Å². The van der Waals surface area contributed by atoms with E-state index in [0.717, 1.165) is 19.5 Å². The van der Waals surface area contributed by atoms with Gasteiger partial charge in [-0.1, -0.05) is 42.0 Å². The fraction of sp³-hybridized carbons (Fsp3) is 0.350. The fourth-order valence-corrected chi connectivity index (χ4v) is 4.14. The van der Waals surface area contributed by atoms with Gasteiger partial charge in [0.05, 0.1) is 5.25 Å². The first kappa shape index (κ1) is 16.1. The zero-order valence-corrected chi connectivity index (χ0v) is 14.8. The molecule has 0 aromatic heterocycles. The van der Waals surface area contributed by atoms with E-state index < -0.39 is 0 Å². The first-order chi connectivity index (χ1) is 11.0. The quantitative estimate of drug-likeness (QED) is 0.781. The van der Waals surface area contributed by atoms with Crippen molar-refractivity contribution in [2.24, 2.45) is 0 Å². The molecular formula is C20H23NOS. The van der Waals surface area contributed by atoms with Gasteiger partial charge in [0.15, 0.2) is 0 Å². The Morgan fingerprint density at radius 2 is 1.87 bits per heavy atom. The minimum absolute atomic E-state index is 0.0540. The molecule has 3 heteroatoms. The van der Waals surface area contributed by atoms with Crippen molar-refractivity contribution in [3.05, 3.63) is 64.7 Å². The molecule has 0 spiro atoms. The number of aryl methyl sites for hydroxylation is 2. The molecule has 1 amide bonds. The van der Waals surface area contributed by atoms with Crippen LogP contribution >= 0.6 is 11.8 Å². The summed E-state index contributed by atoms with van der Waals surface area (Å²) in [5.41, 5.74) is 5.18. The number of amides is 1. The summed E-state index contributed by atoms with van der Waals surface area (Å²) >= 11 is 1.67. The van der Waals surface area contributed by atoms with Crippen molar-refractivity contribution < 1.29 is 4.79 Å². The lowest BCUT2D eigenvalue weighted by atomic mass is 10.00. The molecule has 2 aromatic rings. The molecule has 0 N–H and O–H groups in total. The van der Waals surface area contributed by atoms with Crippen LogP contribution in [0, 0.1) is 13.8 Å². The van der Waals surface area contributed by atoms with Crippen LogP contribution < -0.4 is 0 Å². The predicted molar refractivity (Wildman–Crippen MR) is 96.8 cm³/mol. The Labute approximate surface area is 142 Å². The number of thioether (sulfide) groups is 1. The molecule has 23 heavy (non-hydrogen) atoms. The van der Waals surface area contributed by atoms with E-state index in [-0.39, 0.29) is 11.2 Å². The van der Waals surface area contributed by atoms with Crippen molar-refractivity contribution in [2.75, 3.05) is 6.54 Å². The van der Waals surface area contributed by atoms with Crippen molar-refractivity contribution >= 4 is 17.7 Å². The number of nitrogens with zero attached hydrogens (tertiary/aromatic N) is 1. The first-order valence-corrected chi connectivity index (χ1v) is 9.02. The van der Waals surface area contributed by atoms with Gasteiger partial charge in [0.1, 0.15) is 0 Å². The second-order valence-electron chi connectivity index (χ2n) is 6.31. The van der Waals surface area contributed by atoms with Gasteiger partial charge in [0.2, 0.25) is 5.91 Å². The third-order valence-corrected chi connectivity index (χ3v) is 5.69. The minimum Gasteiger partial charge on any atom is -0.337 e. The highest BCUT2D eigenvalue weighted by Crippen LogP contribution is 2.29. The van der Waals surface area contributed by atoms with Gasteiger partial charge >= 0.3 is 0 Å². The molecule has 1 aliphatic heterocycles. The molecule has 1 aliphatic rings. The molecule has 2 aromatic carbocycles. The van der Waals surface area contributed by atoms with Crippen molar-refractivity contribution in [1.82, 2.24) is 4.90 Å². The SMILES string of the molecule is Cc1ccc(S[C@@H](C)C(=O)N2CCc3ccccc3C2)c(C)c1. The van der Waals surface area contributed by atoms with Gasteiger partial charge in [0, 0.05) is 18.0 Å². The Hall–Kier alpha value is -1.74. The zero-order valence-electron chi connectivity index (χ0n) is 14.0. The van der Waals surface area contributed by atoms with Gasteiger partial charge in [-0.2, -0.15) is 0 Å². The van der Waals surface area contributed by atoms with Gasteiger partial charge in [-0.3, -0.25) is 4.79 Å². The summed E-state index contributed by atoms with van der Waals surface area (Å²) in [5.74, 6) is 0.240. The van der Waals surface area contributed by atoms with Crippen molar-refractivity contribution in [1.29, 1.82) is 0 Å². The second kappa shape index (κ2) is 6.79. The second-order valence-corrected chi connectivity index (χ2v) is 7.69. The van der Waals surface area contributed by atoms with E-state index in [1.807, 2.05) is 11.8 Å². The molecule has 0 saturated carbocycles. The van der Waals surface area contributed by atoms with Crippen molar-refractivity contribution in [2.45, 2.75) is 43.9 Å². The van der Waals surface area contributed by atoms with E-state index in [1.54, 1.807) is 11.8 Å². The van der Waals surface area contributed by atoms with Gasteiger partial charge in [-0.15, -0.1) is 11.8 Å². The molecule has 120 valence electrons. The van der Waals surface area contributed by atoms with Crippen LogP contribution in [0.2, 0.25) is 0 Å². The summed E-state index contributed by atoms with van der Waals surface area (Å²) in [6, 6.07) is 14.9. The monoisotopic (exact) mass is 325 g/mol. The fourth-order valence-electron chi connectivity index (χ4n) is 3.11. The Morgan fingerprint density at radius 3 is 2.61 bits per heavy atom. The lowest BCUT2D eigenvalue weighted by Crippen LogP contribution is -2.40. The summed E-state index contributed by atoms with van der Waals surface area (Å²) < 4.78 is 0. The number of benzene rings is 2. The molecule has 0 saturated heterocycles. The Balaban J connectivity index is 1.68. The van der Waals surface area contributed by atoms with Crippen LogP contribution in [0.1, 0.15) is 29.2 Å². The number of fused-ring (bicyclic) bond motifs is 1. The minimum atomic E-state index is -0.0540. The van der Waals surface area contributed by atoms with Gasteiger partial charge < -0.3 is 4.90 Å². The lowest BCUT2D eigenvalue weighted by Gasteiger charge is -2.31. The average Bonchev–Trinajstić information content (AvgIpc) is 2.56. The molecular weight excluding hydrogens is 302 g/mol. The van der Waals surface area contributed by atoms with Crippen LogP contribution in [0.3, 0.4) is 0 Å². The predicted octanol–water partition coefficient (Wildman–Crippen LogP) is 4.37. The van der Waals surface area contributed by atoms with Gasteiger partial charge in [-0.05, 0) is 49.9 Å². The summed E-state index contributed by atoms with van der Waals surface area (Å²) in [6.07, 6.45) is 0.961. The number of carbonyl (C=O) groups is 1. The van der Waals surface area contributed by atoms with E-state index >= 15 is 0 Å². The van der Waals surface area contributed by atoms with Crippen LogP contribution in [0.4, 0.5) is 0 Å². The standard InChI is InChI=1S/C20H23NOS/c1-14-8-9-19(15(2)12-14)23-16(3)20(22)21-11-10-17-6-4-5-7-18(17)13-21/h4-9,12,16H,10-11,13H2,1-3H3/t16-/m0/s1. The van der Waals surface area contributed by atoms with Crippen molar-refractivity contribution in [3.63, 3.8) is 0 Å². The first-order valence-electron chi connectivity index (χ1n) is 8.14. The summed E-state index contributed by atoms with van der Waals surface area (Å²) in [7, 11) is 0. The highest BCUT2D eigenvalue weighted by atomic mass is 32.2. The Bertz CT molecular complexity index is 725. The van der Waals surface area contributed by atoms with E-state index in [2.05, 4.69) is 56.3 Å². The number of rotatable bonds is 3. The molecule has 2 nitrogen and oxygen atoms in total. The topological polar surface area (TPSA) is 20.3 Å². The maximum atomic E-state index is 12.8. The smallest absolute Gasteiger partial charge is 0.236 e. The van der Waals surface area contributed by atoms with E-state index in [1.165, 1.54) is 27.1 Å². The van der Waals surface area contributed by atoms with E-state index in [4.69, 9.17) is 0 Å². The zero-order chi connectivity index (χ0) is 16.4. The summed E-state index contributed by atoms with van der Waals surface area (Å²) in [4.78, 5) is 16.0. The highest BCUT2D eigenvalue weighted by Gasteiger charge is 2.25. The van der Waals surface area contributed by atoms with Gasteiger partial charge in [-0.25, -0.2) is 0 Å². The maximum absolute atomic E-state index is 12.8. The molecule has 0 fully saturated rings. The number of hydrogen-bond acceptors (Lipinski definition) is 2. The Morgan fingerprint density at radius 1 is 1.13 bits per heavy atom. The normalized spacial score (nSPS) is 15.2. The largest absolute Gasteiger partial charge is 0.337 e. The van der Waals surface area contributed by atoms with E-state index in [0.29, 0.717) is 0 Å². The maximum Gasteiger partial charge on any atom is 0.236 e. The molecule has 1 atom stereocenters. The number of carbonyl (C=O) groups excluding carboxylic acids is 1. The molecule has 0 bridgehead atoms. The van der Waals surface area contributed by atoms with Crippen LogP contribution in [0.25, 0.3) is 0 Å². The van der Waals surface area contributed by atoms with Gasteiger partial charge in [0.25, 0.3) is 0 Å². The molecule has 3 rings (SSSR count). The third kappa shape index (κ3) is 3.61. The number of hydrogen-bond donors (Lipinski definition) is 0. The molecule has 0 radical (unpaired) electrons. The van der Waals surface area contributed by atoms with E-state index in [9.17, 15) is 4.79 Å². The molecule has 0 aliphatic carbocycles. The highest BCUT2D eigenvalue weighted by molar-refractivity contribution is 8.00. The lowest BCUT2D eigenvalue weighted by molar-refractivity contribution is -0.131. The Kier molecular flexibility index (Phi) is 4.76. The molecule has 0 unspecified atom stereocenters. The summed E-state index contributed by atoms with van der Waals surface area (Å²) in [6.45, 7) is 7.80. The van der Waals surface area contributed by atoms with Crippen LogP contribution in [-0.4, -0.2) is 22.6 Å².